The lowest BCUT2D eigenvalue weighted by atomic mass is 10.0. The first kappa shape index (κ1) is 95.1. The summed E-state index contributed by atoms with van der Waals surface area (Å²) >= 11 is 0. The lowest BCUT2D eigenvalue weighted by molar-refractivity contribution is -0.161. The fourth-order valence-corrected chi connectivity index (χ4v) is 13.6. The highest BCUT2D eigenvalue weighted by molar-refractivity contribution is 7.47. The van der Waals surface area contributed by atoms with Gasteiger partial charge in [0, 0.05) is 25.7 Å². The Morgan fingerprint density at radius 2 is 0.474 bits per heavy atom. The number of carbonyl (C=O) groups excluding carboxylic acids is 4. The lowest BCUT2D eigenvalue weighted by Crippen LogP contribution is -2.30. The van der Waals surface area contributed by atoms with Crippen LogP contribution in [-0.2, 0) is 65.4 Å². The molecule has 0 saturated heterocycles. The average molecular weight is 1420 g/mol. The zero-order valence-electron chi connectivity index (χ0n) is 63.4. The zero-order valence-corrected chi connectivity index (χ0v) is 65.2. The highest BCUT2D eigenvalue weighted by Crippen LogP contribution is 2.45. The number of unbranched alkanes of at least 4 members (excludes halogenated alkanes) is 47. The van der Waals surface area contributed by atoms with Crippen molar-refractivity contribution in [3.05, 3.63) is 0 Å². The number of hydrogen-bond donors (Lipinski definition) is 3. The number of hydrogen-bond acceptors (Lipinski definition) is 15. The summed E-state index contributed by atoms with van der Waals surface area (Å²) in [5, 5.41) is 10.6. The molecule has 0 heterocycles. The fraction of sp³-hybridized carbons (Fsp3) is 0.949. The van der Waals surface area contributed by atoms with Crippen molar-refractivity contribution < 1.29 is 80.2 Å². The largest absolute Gasteiger partial charge is 0.472 e. The third kappa shape index (κ3) is 72.2. The van der Waals surface area contributed by atoms with Crippen LogP contribution in [0, 0.1) is 11.8 Å². The summed E-state index contributed by atoms with van der Waals surface area (Å²) in [6.45, 7) is 9.64. The summed E-state index contributed by atoms with van der Waals surface area (Å²) in [6, 6.07) is 0. The van der Waals surface area contributed by atoms with Crippen molar-refractivity contribution >= 4 is 39.5 Å². The van der Waals surface area contributed by atoms with Crippen molar-refractivity contribution in [2.75, 3.05) is 39.6 Å². The molecule has 0 radical (unpaired) electrons. The van der Waals surface area contributed by atoms with Crippen LogP contribution in [0.15, 0.2) is 0 Å². The van der Waals surface area contributed by atoms with Gasteiger partial charge in [0.15, 0.2) is 12.2 Å². The van der Waals surface area contributed by atoms with Gasteiger partial charge < -0.3 is 33.8 Å². The van der Waals surface area contributed by atoms with Gasteiger partial charge in [-0.05, 0) is 37.5 Å². The highest BCUT2D eigenvalue weighted by Gasteiger charge is 2.30. The number of phosphoric acid groups is 2. The molecule has 0 bridgehead atoms. The Balaban J connectivity index is 5.23. The summed E-state index contributed by atoms with van der Waals surface area (Å²) in [6.07, 6.45) is 58.2. The Kier molecular flexibility index (Phi) is 68.4. The molecule has 97 heavy (non-hydrogen) atoms. The van der Waals surface area contributed by atoms with Crippen molar-refractivity contribution in [3.8, 4) is 0 Å². The van der Waals surface area contributed by atoms with Crippen LogP contribution in [0.4, 0.5) is 0 Å². The molecule has 0 rings (SSSR count). The Bertz CT molecular complexity index is 1870. The molecule has 17 nitrogen and oxygen atoms in total. The minimum absolute atomic E-state index is 0.108. The molecule has 0 spiro atoms. The van der Waals surface area contributed by atoms with Gasteiger partial charge in [-0.25, -0.2) is 9.13 Å². The van der Waals surface area contributed by atoms with E-state index in [0.29, 0.717) is 25.7 Å². The molecule has 0 fully saturated rings. The second-order valence-corrected chi connectivity index (χ2v) is 32.0. The monoisotopic (exact) mass is 1420 g/mol. The van der Waals surface area contributed by atoms with E-state index < -0.39 is 97.5 Å². The molecular formula is C78H152O17P2. The van der Waals surface area contributed by atoms with E-state index in [9.17, 15) is 43.2 Å². The smallest absolute Gasteiger partial charge is 0.462 e. The standard InChI is InChI=1S/C78H152O17P2/c1-7-9-11-13-15-17-18-19-21-25-32-38-44-50-56-62-77(82)94-73(66-88-75(80)60-54-48-42-34-16-14-12-10-8-2)68-92-96(84,85)90-64-72(79)65-91-97(86,87)93-69-74(67-89-76(81)61-55-49-43-37-31-28-27-30-36-41-47-53-59-71(5)6)95-78(83)63-57-51-45-39-33-26-23-20-22-24-29-35-40-46-52-58-70(3)4/h70-74,79H,7-69H2,1-6H3,(H,84,85)(H,86,87)/t72-,73+,74+/m0/s1. The van der Waals surface area contributed by atoms with Gasteiger partial charge in [0.1, 0.15) is 19.3 Å². The molecule has 0 saturated carbocycles. The summed E-state index contributed by atoms with van der Waals surface area (Å²) in [4.78, 5) is 72.9. The predicted octanol–water partition coefficient (Wildman–Crippen LogP) is 23.1. The number of aliphatic hydroxyl groups is 1. The number of rotatable bonds is 77. The molecule has 2 unspecified atom stereocenters. The average Bonchev–Trinajstić information content (AvgIpc) is 1.07. The van der Waals surface area contributed by atoms with E-state index in [0.717, 1.165) is 102 Å². The van der Waals surface area contributed by atoms with Crippen molar-refractivity contribution in [2.24, 2.45) is 11.8 Å². The van der Waals surface area contributed by atoms with E-state index in [2.05, 4.69) is 41.5 Å². The molecule has 0 aliphatic rings. The van der Waals surface area contributed by atoms with Gasteiger partial charge in [-0.2, -0.15) is 0 Å². The lowest BCUT2D eigenvalue weighted by Gasteiger charge is -2.21. The fourth-order valence-electron chi connectivity index (χ4n) is 12.0. The van der Waals surface area contributed by atoms with Gasteiger partial charge in [0.2, 0.25) is 0 Å². The van der Waals surface area contributed by atoms with Crippen LogP contribution in [0.5, 0.6) is 0 Å². The number of esters is 4. The molecule has 19 heteroatoms. The van der Waals surface area contributed by atoms with Crippen molar-refractivity contribution in [2.45, 2.75) is 426 Å². The first-order valence-electron chi connectivity index (χ1n) is 40.5. The van der Waals surface area contributed by atoms with Crippen molar-refractivity contribution in [3.63, 3.8) is 0 Å². The van der Waals surface area contributed by atoms with Crippen molar-refractivity contribution in [1.82, 2.24) is 0 Å². The molecule has 0 aliphatic carbocycles. The molecule has 5 atom stereocenters. The van der Waals surface area contributed by atoms with Crippen LogP contribution in [0.3, 0.4) is 0 Å². The Morgan fingerprint density at radius 1 is 0.278 bits per heavy atom. The number of ether oxygens (including phenoxy) is 4. The zero-order chi connectivity index (χ0) is 71.4. The minimum Gasteiger partial charge on any atom is -0.462 e. The molecule has 0 aromatic carbocycles. The van der Waals surface area contributed by atoms with Crippen LogP contribution in [0.1, 0.15) is 408 Å². The van der Waals surface area contributed by atoms with E-state index in [4.69, 9.17) is 37.0 Å². The molecule has 0 amide bonds. The van der Waals surface area contributed by atoms with Gasteiger partial charge in [-0.15, -0.1) is 0 Å². The van der Waals surface area contributed by atoms with Gasteiger partial charge in [-0.3, -0.25) is 37.3 Å². The van der Waals surface area contributed by atoms with Gasteiger partial charge in [-0.1, -0.05) is 356 Å². The Morgan fingerprint density at radius 3 is 0.701 bits per heavy atom. The van der Waals surface area contributed by atoms with Gasteiger partial charge >= 0.3 is 39.5 Å². The number of carbonyl (C=O) groups is 4. The molecular weight excluding hydrogens is 1270 g/mol. The van der Waals surface area contributed by atoms with E-state index in [1.54, 1.807) is 0 Å². The van der Waals surface area contributed by atoms with Crippen LogP contribution < -0.4 is 0 Å². The predicted molar refractivity (Wildman–Crippen MR) is 395 cm³/mol. The quantitative estimate of drug-likeness (QED) is 0.0222. The number of phosphoric ester groups is 2. The summed E-state index contributed by atoms with van der Waals surface area (Å²) in [7, 11) is -9.91. The maximum absolute atomic E-state index is 13.1. The second-order valence-electron chi connectivity index (χ2n) is 29.1. The van der Waals surface area contributed by atoms with E-state index in [1.165, 1.54) is 225 Å². The maximum Gasteiger partial charge on any atom is 0.472 e. The Labute approximate surface area is 594 Å². The topological polar surface area (TPSA) is 237 Å². The van der Waals surface area contributed by atoms with Crippen LogP contribution in [0.25, 0.3) is 0 Å². The Hall–Kier alpha value is -1.94. The SMILES string of the molecule is CCCCCCCCCCCCCCCCCC(=O)O[C@H](COC(=O)CCCCCCCCCCC)COP(=O)(O)OC[C@H](O)COP(=O)(O)OC[C@@H](COC(=O)CCCCCCCCCCCCCCC(C)C)OC(=O)CCCCCCCCCCCCCCCCCC(C)C. The van der Waals surface area contributed by atoms with Gasteiger partial charge in [0.25, 0.3) is 0 Å². The third-order valence-electron chi connectivity index (χ3n) is 18.2. The normalized spacial score (nSPS) is 14.0. The number of aliphatic hydroxyl groups excluding tert-OH is 1. The van der Waals surface area contributed by atoms with E-state index in [-0.39, 0.29) is 25.7 Å². The first-order valence-corrected chi connectivity index (χ1v) is 43.5. The minimum atomic E-state index is -4.96. The molecule has 0 aliphatic heterocycles. The molecule has 0 aromatic rings. The second kappa shape index (κ2) is 69.8. The molecule has 576 valence electrons. The van der Waals surface area contributed by atoms with E-state index >= 15 is 0 Å². The molecule has 3 N–H and O–H groups in total. The summed E-state index contributed by atoms with van der Waals surface area (Å²) < 4.78 is 68.6. The third-order valence-corrected chi connectivity index (χ3v) is 20.1. The van der Waals surface area contributed by atoms with Crippen molar-refractivity contribution in [1.29, 1.82) is 0 Å². The van der Waals surface area contributed by atoms with Gasteiger partial charge in [0.05, 0.1) is 26.4 Å². The summed E-state index contributed by atoms with van der Waals surface area (Å²) in [5.74, 6) is -0.527. The van der Waals surface area contributed by atoms with Crippen LogP contribution in [-0.4, -0.2) is 96.7 Å². The molecule has 0 aromatic heterocycles. The summed E-state index contributed by atoms with van der Waals surface area (Å²) in [5.41, 5.74) is 0. The van der Waals surface area contributed by atoms with E-state index in [1.807, 2.05) is 0 Å². The van der Waals surface area contributed by atoms with Crippen LogP contribution in [0.2, 0.25) is 0 Å². The first-order chi connectivity index (χ1) is 46.9. The highest BCUT2D eigenvalue weighted by atomic mass is 31.2. The maximum atomic E-state index is 13.1. The van der Waals surface area contributed by atoms with Crippen LogP contribution >= 0.6 is 15.6 Å².